The van der Waals surface area contributed by atoms with Gasteiger partial charge in [-0.2, -0.15) is 5.10 Å². The number of carbonyl (C=O) groups excluding carboxylic acids is 1. The summed E-state index contributed by atoms with van der Waals surface area (Å²) in [4.78, 5) is 12.4. The van der Waals surface area contributed by atoms with E-state index in [2.05, 4.69) is 10.5 Å². The molecule has 0 aliphatic heterocycles. The van der Waals surface area contributed by atoms with Gasteiger partial charge in [-0.3, -0.25) is 4.79 Å². The van der Waals surface area contributed by atoms with Gasteiger partial charge in [0.1, 0.15) is 29.7 Å². The fourth-order valence-corrected chi connectivity index (χ4v) is 2.62. The zero-order valence-electron chi connectivity index (χ0n) is 16.6. The van der Waals surface area contributed by atoms with Gasteiger partial charge in [0.15, 0.2) is 0 Å². The fourth-order valence-electron chi connectivity index (χ4n) is 2.62. The van der Waals surface area contributed by atoms with Crippen LogP contribution in [0.5, 0.6) is 17.2 Å². The molecule has 0 fully saturated rings. The number of hydrazone groups is 1. The highest BCUT2D eigenvalue weighted by Gasteiger charge is 2.09. The predicted octanol–water partition coefficient (Wildman–Crippen LogP) is 4.19. The lowest BCUT2D eigenvalue weighted by atomic mass is 10.2. The van der Waals surface area contributed by atoms with Crippen molar-refractivity contribution in [2.24, 2.45) is 5.10 Å². The number of halogens is 1. The Hall–Kier alpha value is -3.87. The van der Waals surface area contributed by atoms with Crippen molar-refractivity contribution in [3.63, 3.8) is 0 Å². The smallest absolute Gasteiger partial charge is 0.271 e. The number of methoxy groups -OCH3 is 2. The van der Waals surface area contributed by atoms with Gasteiger partial charge < -0.3 is 14.2 Å². The molecule has 0 saturated heterocycles. The first-order valence-corrected chi connectivity index (χ1v) is 9.12. The topological polar surface area (TPSA) is 69.2 Å². The number of amides is 1. The van der Waals surface area contributed by atoms with Crippen molar-refractivity contribution in [2.75, 3.05) is 14.2 Å². The number of rotatable bonds is 8. The molecular formula is C23H21FN2O4. The van der Waals surface area contributed by atoms with Crippen LogP contribution in [0.4, 0.5) is 4.39 Å². The van der Waals surface area contributed by atoms with Crippen LogP contribution < -0.4 is 19.6 Å². The monoisotopic (exact) mass is 408 g/mol. The molecule has 0 aliphatic rings. The quantitative estimate of drug-likeness (QED) is 0.448. The molecule has 30 heavy (non-hydrogen) atoms. The summed E-state index contributed by atoms with van der Waals surface area (Å²) in [5, 5.41) is 4.02. The summed E-state index contributed by atoms with van der Waals surface area (Å²) >= 11 is 0. The third-order valence-corrected chi connectivity index (χ3v) is 4.21. The first-order chi connectivity index (χ1) is 14.6. The van der Waals surface area contributed by atoms with Crippen LogP contribution in [0, 0.1) is 5.82 Å². The van der Waals surface area contributed by atoms with Gasteiger partial charge in [0.05, 0.1) is 20.4 Å². The number of carbonyl (C=O) groups is 1. The molecule has 0 bridgehead atoms. The van der Waals surface area contributed by atoms with Crippen LogP contribution in [0.2, 0.25) is 0 Å². The molecule has 0 aromatic heterocycles. The SMILES string of the molecule is COc1cc(OC)cc(C(=O)N/N=C\c2ccccc2OCc2ccc(F)cc2)c1. The Morgan fingerprint density at radius 3 is 2.33 bits per heavy atom. The van der Waals surface area contributed by atoms with E-state index in [0.29, 0.717) is 28.4 Å². The minimum absolute atomic E-state index is 0.279. The third-order valence-electron chi connectivity index (χ3n) is 4.21. The molecule has 3 aromatic rings. The van der Waals surface area contributed by atoms with Gasteiger partial charge in [0.2, 0.25) is 0 Å². The number of ether oxygens (including phenoxy) is 3. The van der Waals surface area contributed by atoms with Crippen LogP contribution in [-0.4, -0.2) is 26.3 Å². The second kappa shape index (κ2) is 10.1. The molecule has 6 nitrogen and oxygen atoms in total. The lowest BCUT2D eigenvalue weighted by molar-refractivity contribution is 0.0954. The summed E-state index contributed by atoms with van der Waals surface area (Å²) < 4.78 is 29.2. The summed E-state index contributed by atoms with van der Waals surface area (Å²) in [6, 6.07) is 18.2. The van der Waals surface area contributed by atoms with Gasteiger partial charge in [-0.25, -0.2) is 9.82 Å². The van der Waals surface area contributed by atoms with Crippen LogP contribution in [0.25, 0.3) is 0 Å². The minimum atomic E-state index is -0.409. The lowest BCUT2D eigenvalue weighted by Crippen LogP contribution is -2.17. The van der Waals surface area contributed by atoms with E-state index in [9.17, 15) is 9.18 Å². The van der Waals surface area contributed by atoms with E-state index < -0.39 is 5.91 Å². The average Bonchev–Trinajstić information content (AvgIpc) is 2.79. The second-order valence-corrected chi connectivity index (χ2v) is 6.25. The normalized spacial score (nSPS) is 10.6. The van der Waals surface area contributed by atoms with E-state index in [-0.39, 0.29) is 12.4 Å². The van der Waals surface area contributed by atoms with E-state index in [4.69, 9.17) is 14.2 Å². The lowest BCUT2D eigenvalue weighted by Gasteiger charge is -2.09. The van der Waals surface area contributed by atoms with Crippen molar-refractivity contribution in [3.05, 3.63) is 89.2 Å². The fraction of sp³-hybridized carbons (Fsp3) is 0.130. The van der Waals surface area contributed by atoms with Crippen molar-refractivity contribution in [3.8, 4) is 17.2 Å². The largest absolute Gasteiger partial charge is 0.497 e. The summed E-state index contributed by atoms with van der Waals surface area (Å²) in [6.45, 7) is 0.279. The first kappa shape index (κ1) is 20.9. The van der Waals surface area contributed by atoms with Gasteiger partial charge in [-0.1, -0.05) is 24.3 Å². The van der Waals surface area contributed by atoms with Crippen molar-refractivity contribution in [1.82, 2.24) is 5.43 Å². The molecule has 3 aromatic carbocycles. The molecule has 3 rings (SSSR count). The number of benzene rings is 3. The van der Waals surface area contributed by atoms with Gasteiger partial charge in [-0.15, -0.1) is 0 Å². The Kier molecular flexibility index (Phi) is 7.00. The van der Waals surface area contributed by atoms with Gasteiger partial charge in [-0.05, 0) is 42.0 Å². The number of nitrogens with one attached hydrogen (secondary N) is 1. The van der Waals surface area contributed by atoms with Gasteiger partial charge in [0, 0.05) is 17.2 Å². The van der Waals surface area contributed by atoms with Crippen LogP contribution in [0.15, 0.2) is 71.8 Å². The van der Waals surface area contributed by atoms with E-state index in [0.717, 1.165) is 5.56 Å². The van der Waals surface area contributed by atoms with Crippen molar-refractivity contribution < 1.29 is 23.4 Å². The Bertz CT molecular complexity index is 1010. The third kappa shape index (κ3) is 5.57. The number of nitrogens with zero attached hydrogens (tertiary/aromatic N) is 1. The van der Waals surface area contributed by atoms with Gasteiger partial charge >= 0.3 is 0 Å². The Balaban J connectivity index is 1.66. The highest BCUT2D eigenvalue weighted by Crippen LogP contribution is 2.22. The minimum Gasteiger partial charge on any atom is -0.497 e. The molecule has 0 saturated carbocycles. The molecule has 1 N–H and O–H groups in total. The number of hydrogen-bond acceptors (Lipinski definition) is 5. The Morgan fingerprint density at radius 2 is 1.67 bits per heavy atom. The van der Waals surface area contributed by atoms with E-state index >= 15 is 0 Å². The summed E-state index contributed by atoms with van der Waals surface area (Å²) in [7, 11) is 3.02. The van der Waals surface area contributed by atoms with Crippen LogP contribution in [0.3, 0.4) is 0 Å². The van der Waals surface area contributed by atoms with E-state index in [1.165, 1.54) is 32.6 Å². The van der Waals surface area contributed by atoms with Crippen LogP contribution >= 0.6 is 0 Å². The Labute approximate surface area is 173 Å². The van der Waals surface area contributed by atoms with Crippen LogP contribution in [0.1, 0.15) is 21.5 Å². The molecule has 0 aliphatic carbocycles. The van der Waals surface area contributed by atoms with Crippen molar-refractivity contribution >= 4 is 12.1 Å². The second-order valence-electron chi connectivity index (χ2n) is 6.25. The maximum Gasteiger partial charge on any atom is 0.271 e. The standard InChI is InChI=1S/C23H21FN2O4/c1-28-20-11-18(12-21(13-20)29-2)23(27)26-25-14-17-5-3-4-6-22(17)30-15-16-7-9-19(24)10-8-16/h3-14H,15H2,1-2H3,(H,26,27)/b25-14-. The number of para-hydroxylation sites is 1. The predicted molar refractivity (Wildman–Crippen MR) is 112 cm³/mol. The average molecular weight is 408 g/mol. The van der Waals surface area contributed by atoms with E-state index in [1.807, 2.05) is 18.2 Å². The van der Waals surface area contributed by atoms with Gasteiger partial charge in [0.25, 0.3) is 5.91 Å². The molecular weight excluding hydrogens is 387 g/mol. The molecule has 7 heteroatoms. The Morgan fingerprint density at radius 1 is 1.00 bits per heavy atom. The van der Waals surface area contributed by atoms with Crippen molar-refractivity contribution in [2.45, 2.75) is 6.61 Å². The zero-order chi connectivity index (χ0) is 21.3. The first-order valence-electron chi connectivity index (χ1n) is 9.12. The highest BCUT2D eigenvalue weighted by atomic mass is 19.1. The molecule has 154 valence electrons. The molecule has 0 heterocycles. The summed E-state index contributed by atoms with van der Waals surface area (Å²) in [5.74, 6) is 0.887. The highest BCUT2D eigenvalue weighted by molar-refractivity contribution is 5.96. The molecule has 0 radical (unpaired) electrons. The molecule has 0 unspecified atom stereocenters. The van der Waals surface area contributed by atoms with E-state index in [1.54, 1.807) is 36.4 Å². The van der Waals surface area contributed by atoms with Crippen LogP contribution in [-0.2, 0) is 6.61 Å². The number of hydrogen-bond donors (Lipinski definition) is 1. The summed E-state index contributed by atoms with van der Waals surface area (Å²) in [5.41, 5.74) is 4.35. The molecule has 0 atom stereocenters. The summed E-state index contributed by atoms with van der Waals surface area (Å²) in [6.07, 6.45) is 1.50. The van der Waals surface area contributed by atoms with Crippen molar-refractivity contribution in [1.29, 1.82) is 0 Å². The maximum atomic E-state index is 13.0. The molecule has 1 amide bonds. The zero-order valence-corrected chi connectivity index (χ0v) is 16.6. The molecule has 0 spiro atoms. The maximum absolute atomic E-state index is 13.0.